The first-order chi connectivity index (χ1) is 12.2. The van der Waals surface area contributed by atoms with Gasteiger partial charge in [-0.2, -0.15) is 0 Å². The monoisotopic (exact) mass is 362 g/mol. The summed E-state index contributed by atoms with van der Waals surface area (Å²) >= 11 is 1.85. The van der Waals surface area contributed by atoms with Crippen molar-refractivity contribution in [3.63, 3.8) is 0 Å². The molecular weight excluding hydrogens is 332 g/mol. The van der Waals surface area contributed by atoms with E-state index in [1.165, 1.54) is 22.6 Å². The highest BCUT2D eigenvalue weighted by atomic mass is 32.1. The highest BCUT2D eigenvalue weighted by Gasteiger charge is 2.32. The molecule has 2 heterocycles. The van der Waals surface area contributed by atoms with E-state index in [2.05, 4.69) is 34.7 Å². The molecule has 1 aliphatic carbocycles. The van der Waals surface area contributed by atoms with E-state index in [1.54, 1.807) is 7.05 Å². The van der Waals surface area contributed by atoms with Crippen molar-refractivity contribution in [2.45, 2.75) is 58.0 Å². The van der Waals surface area contributed by atoms with Gasteiger partial charge in [0.2, 0.25) is 5.91 Å². The fourth-order valence-corrected chi connectivity index (χ4v) is 4.67. The molecule has 2 N–H and O–H groups in total. The fraction of sp³-hybridized carbons (Fsp3) is 0.684. The van der Waals surface area contributed by atoms with E-state index < -0.39 is 0 Å². The van der Waals surface area contributed by atoms with Crippen molar-refractivity contribution in [3.8, 4) is 0 Å². The van der Waals surface area contributed by atoms with E-state index in [4.69, 9.17) is 0 Å². The van der Waals surface area contributed by atoms with Gasteiger partial charge in [-0.15, -0.1) is 11.3 Å². The summed E-state index contributed by atoms with van der Waals surface area (Å²) in [5.74, 6) is 1.48. The fourth-order valence-electron chi connectivity index (χ4n) is 3.78. The summed E-state index contributed by atoms with van der Waals surface area (Å²) in [4.78, 5) is 21.7. The van der Waals surface area contributed by atoms with E-state index in [0.29, 0.717) is 11.9 Å². The zero-order valence-electron chi connectivity index (χ0n) is 15.4. The Hall–Kier alpha value is -1.56. The third-order valence-corrected chi connectivity index (χ3v) is 6.49. The van der Waals surface area contributed by atoms with Gasteiger partial charge in [0, 0.05) is 41.9 Å². The van der Waals surface area contributed by atoms with E-state index in [1.807, 2.05) is 16.2 Å². The summed E-state index contributed by atoms with van der Waals surface area (Å²) in [6.45, 7) is 4.65. The van der Waals surface area contributed by atoms with Gasteiger partial charge >= 0.3 is 0 Å². The van der Waals surface area contributed by atoms with Gasteiger partial charge in [-0.25, -0.2) is 0 Å². The average molecular weight is 363 g/mol. The number of amides is 1. The van der Waals surface area contributed by atoms with E-state index in [-0.39, 0.29) is 5.92 Å². The van der Waals surface area contributed by atoms with Gasteiger partial charge in [0.1, 0.15) is 0 Å². The second kappa shape index (κ2) is 8.70. The van der Waals surface area contributed by atoms with Crippen LogP contribution in [0.25, 0.3) is 0 Å². The summed E-state index contributed by atoms with van der Waals surface area (Å²) < 4.78 is 0. The molecule has 0 spiro atoms. The molecule has 0 radical (unpaired) electrons. The molecule has 3 rings (SSSR count). The van der Waals surface area contributed by atoms with E-state index in [9.17, 15) is 4.79 Å². The lowest BCUT2D eigenvalue weighted by molar-refractivity contribution is -0.134. The second-order valence-corrected chi connectivity index (χ2v) is 8.30. The topological polar surface area (TPSA) is 56.7 Å². The number of carbonyl (C=O) groups excluding carboxylic acids is 1. The quantitative estimate of drug-likeness (QED) is 0.625. The van der Waals surface area contributed by atoms with Crippen LogP contribution in [0.3, 0.4) is 0 Å². The number of rotatable bonds is 5. The Balaban J connectivity index is 1.45. The van der Waals surface area contributed by atoms with Gasteiger partial charge in [-0.1, -0.05) is 19.8 Å². The molecular formula is C19H30N4OS. The standard InChI is InChI=1S/C19H30N4OS/c1-3-16-8-9-17(25-16)12-21-19(20-2)22-15-10-11-23(13-15)18(24)14-6-4-5-7-14/h8-9,14-15H,3-7,10-13H2,1-2H3,(H2,20,21,22). The molecule has 1 amide bonds. The number of aliphatic imine (C=N–C) groups is 1. The van der Waals surface area contributed by atoms with Crippen LogP contribution < -0.4 is 10.6 Å². The van der Waals surface area contributed by atoms with Gasteiger partial charge in [0.25, 0.3) is 0 Å². The molecule has 1 aromatic heterocycles. The number of nitrogens with one attached hydrogen (secondary N) is 2. The maximum Gasteiger partial charge on any atom is 0.225 e. The predicted octanol–water partition coefficient (Wildman–Crippen LogP) is 2.77. The second-order valence-electron chi connectivity index (χ2n) is 7.04. The summed E-state index contributed by atoms with van der Waals surface area (Å²) in [5, 5.41) is 6.88. The zero-order valence-corrected chi connectivity index (χ0v) is 16.2. The average Bonchev–Trinajstić information content (AvgIpc) is 3.39. The van der Waals surface area contributed by atoms with Crippen LogP contribution in [0.2, 0.25) is 0 Å². The summed E-state index contributed by atoms with van der Waals surface area (Å²) in [5.41, 5.74) is 0. The minimum absolute atomic E-state index is 0.280. The first kappa shape index (κ1) is 18.2. The number of guanidine groups is 1. The molecule has 0 bridgehead atoms. The smallest absolute Gasteiger partial charge is 0.225 e. The molecule has 1 aromatic rings. The van der Waals surface area contributed by atoms with Crippen LogP contribution >= 0.6 is 11.3 Å². The molecule has 25 heavy (non-hydrogen) atoms. The Morgan fingerprint density at radius 3 is 2.72 bits per heavy atom. The number of nitrogens with zero attached hydrogens (tertiary/aromatic N) is 2. The summed E-state index contributed by atoms with van der Waals surface area (Å²) in [6.07, 6.45) is 6.67. The number of hydrogen-bond acceptors (Lipinski definition) is 3. The molecule has 6 heteroatoms. The first-order valence-corrected chi connectivity index (χ1v) is 10.3. The zero-order chi connectivity index (χ0) is 17.6. The van der Waals surface area contributed by atoms with Gasteiger partial charge < -0.3 is 15.5 Å². The molecule has 1 saturated carbocycles. The lowest BCUT2D eigenvalue weighted by Crippen LogP contribution is -2.45. The lowest BCUT2D eigenvalue weighted by atomic mass is 10.1. The van der Waals surface area contributed by atoms with E-state index >= 15 is 0 Å². The minimum atomic E-state index is 0.280. The van der Waals surface area contributed by atoms with Crippen molar-refractivity contribution < 1.29 is 4.79 Å². The van der Waals surface area contributed by atoms with Crippen LogP contribution in [0.15, 0.2) is 17.1 Å². The molecule has 138 valence electrons. The van der Waals surface area contributed by atoms with Crippen molar-refractivity contribution in [2.24, 2.45) is 10.9 Å². The Labute approximate surface area is 154 Å². The molecule has 1 aliphatic heterocycles. The van der Waals surface area contributed by atoms with Crippen molar-refractivity contribution in [1.29, 1.82) is 0 Å². The van der Waals surface area contributed by atoms with Gasteiger partial charge in [0.15, 0.2) is 5.96 Å². The van der Waals surface area contributed by atoms with Crippen molar-refractivity contribution in [2.75, 3.05) is 20.1 Å². The molecule has 1 saturated heterocycles. The van der Waals surface area contributed by atoms with Crippen molar-refractivity contribution in [1.82, 2.24) is 15.5 Å². The number of thiophene rings is 1. The maximum absolute atomic E-state index is 12.5. The normalized spacial score (nSPS) is 21.8. The number of hydrogen-bond donors (Lipinski definition) is 2. The highest BCUT2D eigenvalue weighted by Crippen LogP contribution is 2.27. The first-order valence-electron chi connectivity index (χ1n) is 9.53. The number of likely N-dealkylation sites (tertiary alicyclic amines) is 1. The predicted molar refractivity (Wildman–Crippen MR) is 104 cm³/mol. The lowest BCUT2D eigenvalue weighted by Gasteiger charge is -2.21. The third-order valence-electron chi connectivity index (χ3n) is 5.26. The van der Waals surface area contributed by atoms with Gasteiger partial charge in [0.05, 0.1) is 6.54 Å². The van der Waals surface area contributed by atoms with Crippen LogP contribution in [-0.2, 0) is 17.8 Å². The highest BCUT2D eigenvalue weighted by molar-refractivity contribution is 7.11. The maximum atomic E-state index is 12.5. The Bertz CT molecular complexity index is 606. The van der Waals surface area contributed by atoms with Crippen molar-refractivity contribution in [3.05, 3.63) is 21.9 Å². The Kier molecular flexibility index (Phi) is 6.34. The van der Waals surface area contributed by atoms with Crippen LogP contribution in [0.5, 0.6) is 0 Å². The van der Waals surface area contributed by atoms with Crippen LogP contribution in [0, 0.1) is 5.92 Å². The molecule has 1 unspecified atom stereocenters. The Morgan fingerprint density at radius 1 is 1.28 bits per heavy atom. The van der Waals surface area contributed by atoms with Crippen LogP contribution in [0.4, 0.5) is 0 Å². The summed E-state index contributed by atoms with van der Waals surface area (Å²) in [6, 6.07) is 4.67. The van der Waals surface area contributed by atoms with Gasteiger partial charge in [-0.3, -0.25) is 9.79 Å². The van der Waals surface area contributed by atoms with E-state index in [0.717, 1.165) is 51.3 Å². The molecule has 0 aromatic carbocycles. The van der Waals surface area contributed by atoms with Crippen molar-refractivity contribution >= 4 is 23.2 Å². The minimum Gasteiger partial charge on any atom is -0.352 e. The number of aryl methyl sites for hydroxylation is 1. The third kappa shape index (κ3) is 4.75. The van der Waals surface area contributed by atoms with Crippen LogP contribution in [-0.4, -0.2) is 42.9 Å². The molecule has 2 aliphatic rings. The molecule has 2 fully saturated rings. The summed E-state index contributed by atoms with van der Waals surface area (Å²) in [7, 11) is 1.80. The molecule has 5 nitrogen and oxygen atoms in total. The molecule has 1 atom stereocenters. The Morgan fingerprint density at radius 2 is 2.04 bits per heavy atom. The largest absolute Gasteiger partial charge is 0.352 e. The van der Waals surface area contributed by atoms with Crippen LogP contribution in [0.1, 0.15) is 48.8 Å². The van der Waals surface area contributed by atoms with Gasteiger partial charge in [-0.05, 0) is 37.8 Å². The number of carbonyl (C=O) groups is 1. The SMILES string of the molecule is CCc1ccc(CNC(=NC)NC2CCN(C(=O)C3CCCC3)C2)s1.